The summed E-state index contributed by atoms with van der Waals surface area (Å²) >= 11 is 5.65. The Balaban J connectivity index is 1.10. The Labute approximate surface area is 392 Å². The molecule has 0 heterocycles. The van der Waals surface area contributed by atoms with E-state index in [2.05, 4.69) is 121 Å². The molecule has 0 saturated heterocycles. The largest absolute Gasteiger partial charge is 0.540 e. The van der Waals surface area contributed by atoms with Crippen LogP contribution in [-0.2, 0) is 18.2 Å². The van der Waals surface area contributed by atoms with Crippen molar-refractivity contribution in [2.75, 3.05) is 48.2 Å². The van der Waals surface area contributed by atoms with Gasteiger partial charge >= 0.3 is 7.07 Å². The Morgan fingerprint density at radius 2 is 1.22 bits per heavy atom. The van der Waals surface area contributed by atoms with Crippen LogP contribution in [0.3, 0.4) is 0 Å². The van der Waals surface area contributed by atoms with Gasteiger partial charge in [0.15, 0.2) is 19.2 Å². The van der Waals surface area contributed by atoms with Gasteiger partial charge in [-0.15, -0.1) is 5.10 Å². The molecule has 0 saturated carbocycles. The van der Waals surface area contributed by atoms with Crippen molar-refractivity contribution >= 4 is 79.2 Å². The summed E-state index contributed by atoms with van der Waals surface area (Å²) in [6.45, 7) is 1.36. The van der Waals surface area contributed by atoms with Crippen molar-refractivity contribution in [1.29, 1.82) is 0 Å². The van der Waals surface area contributed by atoms with E-state index in [0.29, 0.717) is 17.2 Å². The highest BCUT2D eigenvalue weighted by Gasteiger charge is 2.27. The van der Waals surface area contributed by atoms with Crippen molar-refractivity contribution < 1.29 is 18.5 Å². The van der Waals surface area contributed by atoms with E-state index in [1.54, 1.807) is 22.2 Å². The monoisotopic (exact) mass is 980 g/mol. The zero-order chi connectivity index (χ0) is 45.9. The second kappa shape index (κ2) is 25.5. The maximum atomic E-state index is 8.54. The molecule has 0 aliphatic rings. The average Bonchev–Trinajstić information content (AvgIpc) is 3.34. The van der Waals surface area contributed by atoms with E-state index >= 15 is 0 Å². The van der Waals surface area contributed by atoms with Gasteiger partial charge in [-0.05, 0) is 128 Å². The van der Waals surface area contributed by atoms with Crippen molar-refractivity contribution in [3.63, 3.8) is 0 Å². The van der Waals surface area contributed by atoms with Crippen molar-refractivity contribution in [2.45, 2.75) is 6.42 Å². The summed E-state index contributed by atoms with van der Waals surface area (Å²) in [5.41, 5.74) is 11.6. The molecule has 4 unspecified atom stereocenters. The minimum absolute atomic E-state index is 0.0354. The van der Waals surface area contributed by atoms with Crippen LogP contribution in [0, 0.1) is 0 Å². The summed E-state index contributed by atoms with van der Waals surface area (Å²) in [7, 11) is 5.57. The molecule has 0 aromatic heterocycles. The van der Waals surface area contributed by atoms with Crippen LogP contribution in [0.1, 0.15) is 16.7 Å². The summed E-state index contributed by atoms with van der Waals surface area (Å²) in [5, 5.41) is 14.1. The fourth-order valence-electron chi connectivity index (χ4n) is 6.17. The number of likely N-dealkylation sites (N-methyl/N-ethyl adjacent to an activating group) is 1. The van der Waals surface area contributed by atoms with Crippen molar-refractivity contribution in [3.8, 4) is 23.0 Å². The topological polar surface area (TPSA) is 132 Å². The molecule has 0 aliphatic heterocycles. The number of hydrazone groups is 2. The van der Waals surface area contributed by atoms with Crippen LogP contribution in [0.2, 0.25) is 0 Å². The van der Waals surface area contributed by atoms with Crippen LogP contribution >= 0.6 is 39.0 Å². The van der Waals surface area contributed by atoms with Gasteiger partial charge in [-0.25, -0.2) is 0 Å². The zero-order valence-corrected chi connectivity index (χ0v) is 42.1. The zero-order valence-electron chi connectivity index (χ0n) is 36.5. The molecule has 0 N–H and O–H groups in total. The molecule has 0 radical (unpaired) electrons. The lowest BCUT2D eigenvalue weighted by Gasteiger charge is -2.27. The first-order valence-electron chi connectivity index (χ1n) is 20.3. The summed E-state index contributed by atoms with van der Waals surface area (Å²) in [5.74, 6) is 2.83. The van der Waals surface area contributed by atoms with Gasteiger partial charge in [0.25, 0.3) is 0 Å². The number of azide groups is 1. The van der Waals surface area contributed by atoms with Crippen LogP contribution in [0.4, 0.5) is 0 Å². The molecule has 0 amide bonds. The molecule has 0 fully saturated rings. The number of ether oxygens (including phenoxy) is 2. The molecular weight excluding hydrogens is 930 g/mol. The number of rotatable bonds is 23. The molecule has 65 heavy (non-hydrogen) atoms. The van der Waals surface area contributed by atoms with Gasteiger partial charge in [-0.1, -0.05) is 91.4 Å². The SMILES string of the molecule is CN(C)CCc1ccc(O[P+](=S)N(C)/N=C/c2ccc(OCN=P(c3ccccc3)(c3ccccc3)c3ccc(OCN(C)/N=C/c4ccc(OP(P)PN=[N+]=[N-])cc4)cc3)cc2)cc1. The molecule has 13 nitrogen and oxygen atoms in total. The number of hydrogen-bond acceptors (Lipinski definition) is 11. The molecule has 6 rings (SSSR count). The van der Waals surface area contributed by atoms with E-state index in [1.165, 1.54) is 5.56 Å². The Hall–Kier alpha value is -5.23. The lowest BCUT2D eigenvalue weighted by Crippen LogP contribution is -2.26. The van der Waals surface area contributed by atoms with E-state index in [-0.39, 0.29) is 21.9 Å². The lowest BCUT2D eigenvalue weighted by molar-refractivity contribution is 0.158. The minimum Gasteiger partial charge on any atom is -0.472 e. The highest BCUT2D eigenvalue weighted by Crippen LogP contribution is 2.63. The van der Waals surface area contributed by atoms with Crippen LogP contribution in [0.15, 0.2) is 178 Å². The van der Waals surface area contributed by atoms with E-state index in [1.807, 2.05) is 99.0 Å². The first-order valence-corrected chi connectivity index (χ1v) is 28.9. The fourth-order valence-corrected chi connectivity index (χ4v) is 12.7. The third-order valence-corrected chi connectivity index (χ3v) is 18.3. The van der Waals surface area contributed by atoms with Gasteiger partial charge in [0.1, 0.15) is 24.8 Å². The van der Waals surface area contributed by atoms with E-state index in [4.69, 9.17) is 40.6 Å². The highest BCUT2D eigenvalue weighted by molar-refractivity contribution is 8.45. The molecule has 334 valence electrons. The van der Waals surface area contributed by atoms with Crippen molar-refractivity contribution in [3.05, 3.63) is 185 Å². The molecular formula is C46H51N9O4P5S+. The van der Waals surface area contributed by atoms with Gasteiger partial charge in [0.05, 0.1) is 26.5 Å². The molecule has 4 atom stereocenters. The molecule has 6 aromatic carbocycles. The Kier molecular flexibility index (Phi) is 19.3. The van der Waals surface area contributed by atoms with E-state index < -0.39 is 21.7 Å². The van der Waals surface area contributed by atoms with Gasteiger partial charge in [-0.2, -0.15) is 5.10 Å². The molecule has 6 aromatic rings. The van der Waals surface area contributed by atoms with Crippen LogP contribution in [0.5, 0.6) is 23.0 Å². The molecule has 0 aliphatic carbocycles. The smallest absolute Gasteiger partial charge is 0.472 e. The predicted octanol–water partition coefficient (Wildman–Crippen LogP) is 11.1. The first kappa shape index (κ1) is 49.2. The third kappa shape index (κ3) is 15.2. The molecule has 0 bridgehead atoms. The number of benzene rings is 6. The number of hydrogen-bond donors (Lipinski definition) is 0. The Morgan fingerprint density at radius 1 is 0.692 bits per heavy atom. The van der Waals surface area contributed by atoms with Crippen molar-refractivity contribution in [2.24, 2.45) is 19.8 Å². The minimum atomic E-state index is -2.55. The summed E-state index contributed by atoms with van der Waals surface area (Å²) < 4.78 is 31.5. The summed E-state index contributed by atoms with van der Waals surface area (Å²) in [4.78, 5) is 8.56. The van der Waals surface area contributed by atoms with Gasteiger partial charge in [0, 0.05) is 42.8 Å². The van der Waals surface area contributed by atoms with Crippen LogP contribution in [0.25, 0.3) is 10.4 Å². The third-order valence-electron chi connectivity index (χ3n) is 9.51. The Morgan fingerprint density at radius 3 is 1.80 bits per heavy atom. The van der Waals surface area contributed by atoms with Crippen molar-refractivity contribution in [1.82, 2.24) is 14.7 Å². The summed E-state index contributed by atoms with van der Waals surface area (Å²) in [6, 6.07) is 52.4. The van der Waals surface area contributed by atoms with Gasteiger partial charge in [0.2, 0.25) is 11.8 Å². The predicted molar refractivity (Wildman–Crippen MR) is 280 cm³/mol. The number of nitrogens with zero attached hydrogens (tertiary/aromatic N) is 9. The second-order valence-corrected chi connectivity index (χ2v) is 25.9. The normalized spacial score (nSPS) is 12.2. The first-order chi connectivity index (χ1) is 31.6. The van der Waals surface area contributed by atoms with E-state index in [9.17, 15) is 0 Å². The average molecular weight is 981 g/mol. The quantitative estimate of drug-likeness (QED) is 0.0118. The highest BCUT2D eigenvalue weighted by atomic mass is 32.4. The molecule has 0 spiro atoms. The Bertz CT molecular complexity index is 2550. The summed E-state index contributed by atoms with van der Waals surface area (Å²) in [6.07, 6.45) is 4.50. The van der Waals surface area contributed by atoms with E-state index in [0.717, 1.165) is 45.8 Å². The lowest BCUT2D eigenvalue weighted by atomic mass is 10.1. The van der Waals surface area contributed by atoms with Crippen LogP contribution < -0.4 is 34.4 Å². The maximum absolute atomic E-state index is 8.54. The second-order valence-electron chi connectivity index (χ2n) is 14.5. The van der Waals surface area contributed by atoms with Gasteiger partial charge < -0.3 is 18.9 Å². The van der Waals surface area contributed by atoms with Gasteiger partial charge in [-0.3, -0.25) is 14.3 Å². The fraction of sp³-hybridized carbons (Fsp3) is 0.174. The molecule has 19 heteroatoms. The van der Waals surface area contributed by atoms with Crippen LogP contribution in [-0.4, -0.2) is 75.3 Å². The standard InChI is InChI=1S/C46H51N9O4P5S/c1-53(2)32-31-37-15-23-42(24-16-37)58-62(65)55(4)49-34-39-17-21-40(22-18-39)56-35-50-64(44-11-7-5-8-12-44,45-13-9-6-10-14-45)46-29-27-41(28-30-46)57-36-54(3)48-33-38-19-25-43(26-20-38)59-63(60)61-52-51-47/h5-30,33-34,61H,31-32,35-36,60H2,1-4H3/q+1/b48-33+,49-34+. The maximum Gasteiger partial charge on any atom is 0.540 e.